The van der Waals surface area contributed by atoms with E-state index in [0.29, 0.717) is 21.8 Å². The number of aryl methyl sites for hydroxylation is 1. The van der Waals surface area contributed by atoms with E-state index < -0.39 is 17.8 Å². The van der Waals surface area contributed by atoms with E-state index in [9.17, 15) is 14.4 Å². The number of benzene rings is 2. The van der Waals surface area contributed by atoms with Gasteiger partial charge in [-0.3, -0.25) is 9.59 Å². The maximum atomic E-state index is 12.7. The maximum Gasteiger partial charge on any atom is 0.341 e. The second-order valence-corrected chi connectivity index (χ2v) is 9.97. The van der Waals surface area contributed by atoms with Crippen LogP contribution >= 0.6 is 11.3 Å². The molecule has 198 valence electrons. The largest absolute Gasteiger partial charge is 0.462 e. The number of thiophene rings is 1. The van der Waals surface area contributed by atoms with Gasteiger partial charge in [0.25, 0.3) is 0 Å². The molecule has 39 heavy (non-hydrogen) atoms. The number of carbonyl (C=O) groups excluding carboxylic acids is 3. The Bertz CT molecular complexity index is 1530. The van der Waals surface area contributed by atoms with Crippen molar-refractivity contribution < 1.29 is 19.1 Å². The van der Waals surface area contributed by atoms with Crippen LogP contribution in [0.15, 0.2) is 72.0 Å². The zero-order chi connectivity index (χ0) is 27.2. The molecular weight excluding hydrogens is 514 g/mol. The Morgan fingerprint density at radius 2 is 1.74 bits per heavy atom. The number of fused-ring (bicyclic) bond motifs is 1. The molecule has 0 fully saturated rings. The van der Waals surface area contributed by atoms with Gasteiger partial charge in [-0.05, 0) is 50.3 Å². The van der Waals surface area contributed by atoms with Gasteiger partial charge in [-0.1, -0.05) is 48.5 Å². The van der Waals surface area contributed by atoms with Crippen molar-refractivity contribution in [2.24, 2.45) is 5.10 Å². The molecule has 0 aliphatic heterocycles. The molecule has 0 bridgehead atoms. The number of hydrogen-bond acceptors (Lipinski definition) is 7. The lowest BCUT2D eigenvalue weighted by molar-refractivity contribution is -0.136. The van der Waals surface area contributed by atoms with E-state index in [1.54, 1.807) is 17.8 Å². The molecule has 2 amide bonds. The Labute approximate surface area is 229 Å². The van der Waals surface area contributed by atoms with Gasteiger partial charge in [-0.2, -0.15) is 10.2 Å². The van der Waals surface area contributed by atoms with Gasteiger partial charge >= 0.3 is 17.8 Å². The minimum absolute atomic E-state index is 0.220. The van der Waals surface area contributed by atoms with Crippen molar-refractivity contribution in [3.8, 4) is 16.9 Å². The third-order valence-electron chi connectivity index (χ3n) is 6.26. The minimum Gasteiger partial charge on any atom is -0.462 e. The van der Waals surface area contributed by atoms with Crippen LogP contribution in [0, 0.1) is 0 Å². The number of aromatic nitrogens is 2. The van der Waals surface area contributed by atoms with Gasteiger partial charge in [-0.15, -0.1) is 11.3 Å². The lowest BCUT2D eigenvalue weighted by Crippen LogP contribution is -2.32. The van der Waals surface area contributed by atoms with E-state index in [4.69, 9.17) is 9.84 Å². The molecule has 0 saturated heterocycles. The Kier molecular flexibility index (Phi) is 7.93. The Hall–Kier alpha value is -4.57. The normalized spacial score (nSPS) is 12.6. The van der Waals surface area contributed by atoms with Crippen LogP contribution in [-0.4, -0.2) is 40.4 Å². The molecule has 9 nitrogen and oxygen atoms in total. The van der Waals surface area contributed by atoms with Gasteiger partial charge in [0.2, 0.25) is 0 Å². The fourth-order valence-electron chi connectivity index (χ4n) is 4.46. The molecule has 10 heteroatoms. The summed E-state index contributed by atoms with van der Waals surface area (Å²) >= 11 is 1.32. The first kappa shape index (κ1) is 26.1. The second kappa shape index (κ2) is 11.9. The first-order valence-electron chi connectivity index (χ1n) is 12.7. The van der Waals surface area contributed by atoms with Crippen molar-refractivity contribution in [3.05, 3.63) is 88.4 Å². The van der Waals surface area contributed by atoms with Gasteiger partial charge < -0.3 is 10.1 Å². The summed E-state index contributed by atoms with van der Waals surface area (Å²) < 4.78 is 6.94. The molecule has 0 atom stereocenters. The van der Waals surface area contributed by atoms with Gasteiger partial charge in [0.05, 0.1) is 24.1 Å². The molecule has 0 radical (unpaired) electrons. The number of esters is 1. The third-order valence-corrected chi connectivity index (χ3v) is 7.47. The van der Waals surface area contributed by atoms with Crippen molar-refractivity contribution in [2.75, 3.05) is 11.9 Å². The SMILES string of the molecule is CCOC(=O)c1c(NC(=O)C(=O)N/N=C/c2cn(-c3ccccc3)nc2-c2ccccc2)sc2c1CCCC2. The highest BCUT2D eigenvalue weighted by Crippen LogP contribution is 2.38. The average molecular weight is 542 g/mol. The molecule has 2 heterocycles. The summed E-state index contributed by atoms with van der Waals surface area (Å²) in [6.07, 6.45) is 6.81. The number of nitrogens with zero attached hydrogens (tertiary/aromatic N) is 3. The number of rotatable bonds is 7. The molecule has 0 spiro atoms. The fourth-order valence-corrected chi connectivity index (χ4v) is 5.73. The summed E-state index contributed by atoms with van der Waals surface area (Å²) in [6, 6.07) is 19.2. The zero-order valence-electron chi connectivity index (χ0n) is 21.3. The fraction of sp³-hybridized carbons (Fsp3) is 0.207. The van der Waals surface area contributed by atoms with Crippen LogP contribution in [-0.2, 0) is 27.2 Å². The van der Waals surface area contributed by atoms with Crippen molar-refractivity contribution in [2.45, 2.75) is 32.6 Å². The van der Waals surface area contributed by atoms with Crippen molar-refractivity contribution in [3.63, 3.8) is 0 Å². The maximum absolute atomic E-state index is 12.7. The summed E-state index contributed by atoms with van der Waals surface area (Å²) in [6.45, 7) is 1.95. The van der Waals surface area contributed by atoms with Crippen LogP contribution < -0.4 is 10.7 Å². The summed E-state index contributed by atoms with van der Waals surface area (Å²) in [5, 5.41) is 11.7. The average Bonchev–Trinajstić information content (AvgIpc) is 3.55. The number of para-hydroxylation sites is 1. The van der Waals surface area contributed by atoms with Gasteiger partial charge in [0.1, 0.15) is 10.7 Å². The molecule has 5 rings (SSSR count). The first-order chi connectivity index (χ1) is 19.0. The van der Waals surface area contributed by atoms with E-state index in [1.807, 2.05) is 60.7 Å². The number of amides is 2. The van der Waals surface area contributed by atoms with Crippen molar-refractivity contribution >= 4 is 40.3 Å². The highest BCUT2D eigenvalue weighted by atomic mass is 32.1. The van der Waals surface area contributed by atoms with E-state index >= 15 is 0 Å². The third kappa shape index (κ3) is 5.80. The second-order valence-electron chi connectivity index (χ2n) is 8.87. The Balaban J connectivity index is 1.33. The number of hydrazone groups is 1. The molecule has 0 saturated carbocycles. The van der Waals surface area contributed by atoms with E-state index in [-0.39, 0.29) is 6.61 Å². The van der Waals surface area contributed by atoms with Crippen LogP contribution in [0.25, 0.3) is 16.9 Å². The van der Waals surface area contributed by atoms with Crippen LogP contribution in [0.1, 0.15) is 46.1 Å². The molecule has 0 unspecified atom stereocenters. The smallest absolute Gasteiger partial charge is 0.341 e. The summed E-state index contributed by atoms with van der Waals surface area (Å²) in [7, 11) is 0. The number of nitrogens with one attached hydrogen (secondary N) is 2. The monoisotopic (exact) mass is 541 g/mol. The predicted octanol–water partition coefficient (Wildman–Crippen LogP) is 4.75. The number of ether oxygens (including phenoxy) is 1. The molecular formula is C29H27N5O4S. The van der Waals surface area contributed by atoms with Gasteiger partial charge in [-0.25, -0.2) is 14.9 Å². The Morgan fingerprint density at radius 3 is 2.49 bits per heavy atom. The van der Waals surface area contributed by atoms with Crippen LogP contribution in [0.3, 0.4) is 0 Å². The van der Waals surface area contributed by atoms with E-state index in [0.717, 1.165) is 47.4 Å². The molecule has 1 aliphatic rings. The van der Waals surface area contributed by atoms with E-state index in [1.165, 1.54) is 17.6 Å². The summed E-state index contributed by atoms with van der Waals surface area (Å²) in [4.78, 5) is 39.0. The summed E-state index contributed by atoms with van der Waals surface area (Å²) in [5.41, 5.74) is 6.61. The molecule has 2 aromatic carbocycles. The van der Waals surface area contributed by atoms with Gasteiger partial charge in [0, 0.05) is 22.2 Å². The lowest BCUT2D eigenvalue weighted by atomic mass is 9.95. The molecule has 2 aromatic heterocycles. The van der Waals surface area contributed by atoms with Crippen molar-refractivity contribution in [1.82, 2.24) is 15.2 Å². The quantitative estimate of drug-likeness (QED) is 0.152. The zero-order valence-corrected chi connectivity index (χ0v) is 22.2. The van der Waals surface area contributed by atoms with E-state index in [2.05, 4.69) is 15.8 Å². The molecule has 1 aliphatic carbocycles. The molecule has 2 N–H and O–H groups in total. The van der Waals surface area contributed by atoms with Crippen molar-refractivity contribution in [1.29, 1.82) is 0 Å². The number of carbonyl (C=O) groups is 3. The standard InChI is InChI=1S/C29H27N5O4S/c1-2-38-29(37)24-22-15-9-10-16-23(22)39-28(24)31-26(35)27(36)32-30-17-20-18-34(21-13-7-4-8-14-21)33-25(20)19-11-5-3-6-12-19/h3-8,11-14,17-18H,2,9-10,15-16H2,1H3,(H,31,35)(H,32,36)/b30-17+. The number of hydrogen-bond donors (Lipinski definition) is 2. The predicted molar refractivity (Wildman–Crippen MR) is 150 cm³/mol. The Morgan fingerprint density at radius 1 is 1.03 bits per heavy atom. The highest BCUT2D eigenvalue weighted by molar-refractivity contribution is 7.17. The lowest BCUT2D eigenvalue weighted by Gasteiger charge is -2.12. The topological polar surface area (TPSA) is 115 Å². The van der Waals surface area contributed by atoms with Crippen LogP contribution in [0.5, 0.6) is 0 Å². The highest BCUT2D eigenvalue weighted by Gasteiger charge is 2.28. The molecule has 4 aromatic rings. The van der Waals surface area contributed by atoms with Crippen LogP contribution in [0.4, 0.5) is 5.00 Å². The first-order valence-corrected chi connectivity index (χ1v) is 13.5. The van der Waals surface area contributed by atoms with Gasteiger partial charge in [0.15, 0.2) is 0 Å². The van der Waals surface area contributed by atoms with Crippen LogP contribution in [0.2, 0.25) is 0 Å². The minimum atomic E-state index is -0.954. The number of anilines is 1. The summed E-state index contributed by atoms with van der Waals surface area (Å²) in [5.74, 6) is -2.36.